The molecule has 0 saturated heterocycles. The Hall–Kier alpha value is -3.33. The number of ether oxygens (including phenoxy) is 2. The molecule has 2 unspecified atom stereocenters. The number of carbonyl (C=O) groups excluding carboxylic acids is 2. The molecule has 0 aliphatic heterocycles. The number of rotatable bonds is 44. The average molecular weight is 898 g/mol. The minimum absolute atomic E-state index is 0.0428. The van der Waals surface area contributed by atoms with Crippen molar-refractivity contribution in [2.45, 2.75) is 187 Å². The largest absolute Gasteiger partial charge is 0.472 e. The summed E-state index contributed by atoms with van der Waals surface area (Å²) in [6.07, 6.45) is 64.0. The first kappa shape index (κ1) is 59.7. The van der Waals surface area contributed by atoms with Crippen LogP contribution >= 0.6 is 7.82 Å². The van der Waals surface area contributed by atoms with Crippen molar-refractivity contribution in [2.24, 2.45) is 5.73 Å². The van der Waals surface area contributed by atoms with E-state index in [0.717, 1.165) is 122 Å². The summed E-state index contributed by atoms with van der Waals surface area (Å²) in [6.45, 7) is 3.46. The van der Waals surface area contributed by atoms with Gasteiger partial charge in [0, 0.05) is 19.4 Å². The van der Waals surface area contributed by atoms with Crippen LogP contribution in [0, 0.1) is 0 Å². The Kier molecular flexibility index (Phi) is 45.6. The van der Waals surface area contributed by atoms with Gasteiger partial charge in [0.05, 0.1) is 13.2 Å². The first-order valence-electron chi connectivity index (χ1n) is 24.4. The van der Waals surface area contributed by atoms with Crippen molar-refractivity contribution in [3.63, 3.8) is 0 Å². The molecule has 0 spiro atoms. The van der Waals surface area contributed by atoms with Crippen LogP contribution in [0.25, 0.3) is 0 Å². The molecule has 2 atom stereocenters. The maximum absolute atomic E-state index is 12.6. The van der Waals surface area contributed by atoms with Gasteiger partial charge in [0.25, 0.3) is 0 Å². The highest BCUT2D eigenvalue weighted by Crippen LogP contribution is 2.43. The lowest BCUT2D eigenvalue weighted by molar-refractivity contribution is -0.161. The van der Waals surface area contributed by atoms with Crippen LogP contribution in [0.3, 0.4) is 0 Å². The summed E-state index contributed by atoms with van der Waals surface area (Å²) in [5, 5.41) is 0. The lowest BCUT2D eigenvalue weighted by Gasteiger charge is -2.19. The molecule has 358 valence electrons. The zero-order valence-electron chi connectivity index (χ0n) is 39.5. The van der Waals surface area contributed by atoms with E-state index >= 15 is 0 Å². The van der Waals surface area contributed by atoms with Crippen LogP contribution in [0.1, 0.15) is 181 Å². The second-order valence-electron chi connectivity index (χ2n) is 15.6. The van der Waals surface area contributed by atoms with Crippen LogP contribution in [0.15, 0.2) is 109 Å². The smallest absolute Gasteiger partial charge is 0.462 e. The Morgan fingerprint density at radius 3 is 1.22 bits per heavy atom. The first-order valence-corrected chi connectivity index (χ1v) is 25.9. The summed E-state index contributed by atoms with van der Waals surface area (Å²) in [5.41, 5.74) is 5.36. The Labute approximate surface area is 384 Å². The van der Waals surface area contributed by atoms with Crippen molar-refractivity contribution >= 4 is 19.8 Å². The van der Waals surface area contributed by atoms with Gasteiger partial charge in [-0.25, -0.2) is 4.57 Å². The maximum Gasteiger partial charge on any atom is 0.472 e. The molecule has 0 aliphatic rings. The molecule has 0 heterocycles. The molecule has 9 nitrogen and oxygen atoms in total. The predicted molar refractivity (Wildman–Crippen MR) is 265 cm³/mol. The second kappa shape index (κ2) is 48.1. The van der Waals surface area contributed by atoms with E-state index in [9.17, 15) is 19.0 Å². The van der Waals surface area contributed by atoms with Crippen LogP contribution in [-0.4, -0.2) is 49.3 Å². The molecule has 0 bridgehead atoms. The summed E-state index contributed by atoms with van der Waals surface area (Å²) < 4.78 is 32.9. The highest BCUT2D eigenvalue weighted by molar-refractivity contribution is 7.47. The molecular formula is C53H88NO8P. The molecule has 10 heteroatoms. The fourth-order valence-corrected chi connectivity index (χ4v) is 6.89. The molecule has 0 radical (unpaired) electrons. The fraction of sp³-hybridized carbons (Fsp3) is 0.623. The van der Waals surface area contributed by atoms with Crippen LogP contribution in [-0.2, 0) is 32.7 Å². The van der Waals surface area contributed by atoms with Gasteiger partial charge < -0.3 is 20.1 Å². The summed E-state index contributed by atoms with van der Waals surface area (Å²) in [4.78, 5) is 35.0. The molecular weight excluding hydrogens is 810 g/mol. The SMILES string of the molecule is CC/C=C\C/C=C\C/C=C\C/C=C\C/C=C\C/C=C\CCCCCCCCC(=O)OC(COC(=O)CCCCCCCCC/C=C\C/C=C\C/C=C\CC)COP(=O)(O)OCCN. The fourth-order valence-electron chi connectivity index (χ4n) is 6.12. The molecule has 63 heavy (non-hydrogen) atoms. The Morgan fingerprint density at radius 1 is 0.476 bits per heavy atom. The van der Waals surface area contributed by atoms with Crippen LogP contribution in [0.5, 0.6) is 0 Å². The number of phosphoric ester groups is 1. The lowest BCUT2D eigenvalue weighted by atomic mass is 10.1. The first-order chi connectivity index (χ1) is 30.8. The van der Waals surface area contributed by atoms with Gasteiger partial charge >= 0.3 is 19.8 Å². The van der Waals surface area contributed by atoms with E-state index in [4.69, 9.17) is 24.3 Å². The quantitative estimate of drug-likeness (QED) is 0.0265. The molecule has 0 saturated carbocycles. The van der Waals surface area contributed by atoms with Gasteiger partial charge in [0.1, 0.15) is 6.61 Å². The maximum atomic E-state index is 12.6. The molecule has 0 fully saturated rings. The van der Waals surface area contributed by atoms with Gasteiger partial charge in [-0.3, -0.25) is 18.6 Å². The van der Waals surface area contributed by atoms with E-state index < -0.39 is 32.5 Å². The number of nitrogens with two attached hydrogens (primary N) is 1. The number of hydrogen-bond donors (Lipinski definition) is 2. The predicted octanol–water partition coefficient (Wildman–Crippen LogP) is 14.7. The number of carbonyl (C=O) groups is 2. The standard InChI is InChI=1S/C53H88NO8P/c1-3-5-7-9-11-13-15-17-19-21-22-23-24-25-26-27-28-30-32-34-36-38-40-42-44-46-53(56)62-51(50-61-63(57,58)60-48-47-54)49-59-52(55)45-43-41-39-37-35-33-31-29-20-18-16-14-12-10-8-6-4-2/h5-8,11-14,17-20,22-23,25-26,28,30,51H,3-4,9-10,15-16,21,24,27,29,31-50,54H2,1-2H3,(H,57,58)/b7-5-,8-6-,13-11-,14-12-,19-17-,20-18-,23-22-,26-25-,30-28-. The Bertz CT molecular complexity index is 1390. The van der Waals surface area contributed by atoms with Crippen molar-refractivity contribution in [1.82, 2.24) is 0 Å². The van der Waals surface area contributed by atoms with Crippen molar-refractivity contribution < 1.29 is 37.6 Å². The van der Waals surface area contributed by atoms with Gasteiger partial charge in [-0.2, -0.15) is 0 Å². The van der Waals surface area contributed by atoms with Gasteiger partial charge in [-0.05, 0) is 96.3 Å². The number of phosphoric acid groups is 1. The topological polar surface area (TPSA) is 134 Å². The zero-order valence-corrected chi connectivity index (χ0v) is 40.4. The lowest BCUT2D eigenvalue weighted by Crippen LogP contribution is -2.29. The van der Waals surface area contributed by atoms with E-state index in [0.29, 0.717) is 12.8 Å². The minimum Gasteiger partial charge on any atom is -0.462 e. The summed E-state index contributed by atoms with van der Waals surface area (Å²) in [5.74, 6) is -0.866. The number of allylic oxidation sites excluding steroid dienone is 18. The van der Waals surface area contributed by atoms with Crippen LogP contribution in [0.2, 0.25) is 0 Å². The third-order valence-corrected chi connectivity index (χ3v) is 10.6. The van der Waals surface area contributed by atoms with Gasteiger partial charge in [0.2, 0.25) is 0 Å². The number of unbranched alkanes of at least 4 members (excludes halogenated alkanes) is 13. The third-order valence-electron chi connectivity index (χ3n) is 9.65. The average Bonchev–Trinajstić information content (AvgIpc) is 3.27. The van der Waals surface area contributed by atoms with Crippen molar-refractivity contribution in [2.75, 3.05) is 26.4 Å². The minimum atomic E-state index is -4.40. The highest BCUT2D eigenvalue weighted by atomic mass is 31.2. The van der Waals surface area contributed by atoms with E-state index in [-0.39, 0.29) is 32.6 Å². The van der Waals surface area contributed by atoms with E-state index in [1.54, 1.807) is 0 Å². The molecule has 0 rings (SSSR count). The Balaban J connectivity index is 4.16. The molecule has 0 aromatic heterocycles. The summed E-state index contributed by atoms with van der Waals surface area (Å²) >= 11 is 0. The number of esters is 2. The zero-order chi connectivity index (χ0) is 46.0. The van der Waals surface area contributed by atoms with E-state index in [1.165, 1.54) is 19.3 Å². The Morgan fingerprint density at radius 2 is 0.825 bits per heavy atom. The second-order valence-corrected chi connectivity index (χ2v) is 17.0. The van der Waals surface area contributed by atoms with Crippen molar-refractivity contribution in [3.8, 4) is 0 Å². The van der Waals surface area contributed by atoms with Crippen LogP contribution < -0.4 is 5.73 Å². The summed E-state index contributed by atoms with van der Waals surface area (Å²) in [7, 11) is -4.40. The monoisotopic (exact) mass is 898 g/mol. The molecule has 0 aliphatic carbocycles. The highest BCUT2D eigenvalue weighted by Gasteiger charge is 2.26. The van der Waals surface area contributed by atoms with Crippen molar-refractivity contribution in [1.29, 1.82) is 0 Å². The van der Waals surface area contributed by atoms with E-state index in [2.05, 4.69) is 123 Å². The van der Waals surface area contributed by atoms with Crippen LogP contribution in [0.4, 0.5) is 0 Å². The third kappa shape index (κ3) is 48.0. The van der Waals surface area contributed by atoms with Gasteiger partial charge in [-0.1, -0.05) is 181 Å². The van der Waals surface area contributed by atoms with E-state index in [1.807, 2.05) is 0 Å². The summed E-state index contributed by atoms with van der Waals surface area (Å²) in [6, 6.07) is 0. The van der Waals surface area contributed by atoms with Gasteiger partial charge in [0.15, 0.2) is 6.10 Å². The van der Waals surface area contributed by atoms with Gasteiger partial charge in [-0.15, -0.1) is 0 Å². The molecule has 0 amide bonds. The normalized spacial score (nSPS) is 14.2. The number of hydrogen-bond acceptors (Lipinski definition) is 8. The molecule has 0 aromatic carbocycles. The molecule has 0 aromatic rings. The van der Waals surface area contributed by atoms with Crippen molar-refractivity contribution in [3.05, 3.63) is 109 Å². The molecule has 3 N–H and O–H groups in total.